The van der Waals surface area contributed by atoms with E-state index in [0.29, 0.717) is 24.1 Å². The Morgan fingerprint density at radius 2 is 1.79 bits per heavy atom. The molecule has 1 aliphatic rings. The van der Waals surface area contributed by atoms with Gasteiger partial charge in [-0.25, -0.2) is 4.39 Å². The van der Waals surface area contributed by atoms with Gasteiger partial charge in [0, 0.05) is 24.9 Å². The SMILES string of the molecule is CCCCCN1N=C(C(=O)CC(C)(C)c2ccccc2)CC1c1ccccc1F. The fourth-order valence-corrected chi connectivity index (χ4v) is 3.96. The third-order valence-corrected chi connectivity index (χ3v) is 5.73. The average molecular weight is 395 g/mol. The van der Waals surface area contributed by atoms with Crippen LogP contribution >= 0.6 is 0 Å². The van der Waals surface area contributed by atoms with E-state index in [2.05, 4.69) is 38.0 Å². The minimum absolute atomic E-state index is 0.0539. The highest BCUT2D eigenvalue weighted by Gasteiger charge is 2.34. The predicted octanol–water partition coefficient (Wildman–Crippen LogP) is 6.06. The number of ketones is 1. The van der Waals surface area contributed by atoms with Gasteiger partial charge in [-0.3, -0.25) is 9.80 Å². The third-order valence-electron chi connectivity index (χ3n) is 5.73. The summed E-state index contributed by atoms with van der Waals surface area (Å²) in [4.78, 5) is 13.1. The van der Waals surface area contributed by atoms with Crippen LogP contribution in [0.15, 0.2) is 59.7 Å². The van der Waals surface area contributed by atoms with Crippen LogP contribution in [0.2, 0.25) is 0 Å². The van der Waals surface area contributed by atoms with Gasteiger partial charge >= 0.3 is 0 Å². The molecule has 1 aliphatic heterocycles. The van der Waals surface area contributed by atoms with E-state index >= 15 is 0 Å². The summed E-state index contributed by atoms with van der Waals surface area (Å²) in [6, 6.07) is 16.7. The minimum atomic E-state index is -0.274. The Morgan fingerprint density at radius 1 is 1.10 bits per heavy atom. The van der Waals surface area contributed by atoms with Crippen molar-refractivity contribution in [1.82, 2.24) is 5.01 Å². The molecule has 4 heteroatoms. The number of hydrogen-bond donors (Lipinski definition) is 0. The van der Waals surface area contributed by atoms with Crippen molar-refractivity contribution in [2.24, 2.45) is 5.10 Å². The van der Waals surface area contributed by atoms with E-state index in [1.165, 1.54) is 6.07 Å². The minimum Gasteiger partial charge on any atom is -0.293 e. The lowest BCUT2D eigenvalue weighted by Gasteiger charge is -2.24. The maximum atomic E-state index is 14.5. The van der Waals surface area contributed by atoms with Gasteiger partial charge in [0.05, 0.1) is 6.04 Å². The summed E-state index contributed by atoms with van der Waals surface area (Å²) in [5.74, 6) is -0.176. The molecule has 0 saturated carbocycles. The van der Waals surface area contributed by atoms with Crippen molar-refractivity contribution in [3.63, 3.8) is 0 Å². The Labute approximate surface area is 173 Å². The number of nitrogens with zero attached hydrogens (tertiary/aromatic N) is 2. The van der Waals surface area contributed by atoms with Crippen molar-refractivity contribution < 1.29 is 9.18 Å². The largest absolute Gasteiger partial charge is 0.293 e. The Bertz CT molecular complexity index is 860. The van der Waals surface area contributed by atoms with Gasteiger partial charge < -0.3 is 0 Å². The number of carbonyl (C=O) groups is 1. The normalized spacial score (nSPS) is 16.8. The van der Waals surface area contributed by atoms with Gasteiger partial charge in [0.25, 0.3) is 0 Å². The first-order chi connectivity index (χ1) is 13.9. The summed E-state index contributed by atoms with van der Waals surface area (Å²) in [6.45, 7) is 7.07. The second-order valence-corrected chi connectivity index (χ2v) is 8.51. The Balaban J connectivity index is 1.78. The molecule has 1 heterocycles. The molecule has 154 valence electrons. The molecule has 0 aromatic heterocycles. The number of halogens is 1. The van der Waals surface area contributed by atoms with E-state index in [4.69, 9.17) is 0 Å². The zero-order valence-corrected chi connectivity index (χ0v) is 17.7. The maximum Gasteiger partial charge on any atom is 0.179 e. The highest BCUT2D eigenvalue weighted by atomic mass is 19.1. The third kappa shape index (κ3) is 5.11. The first-order valence-electron chi connectivity index (χ1n) is 10.6. The first kappa shape index (κ1) is 21.2. The molecule has 0 radical (unpaired) electrons. The molecule has 0 aliphatic carbocycles. The molecule has 0 bridgehead atoms. The van der Waals surface area contributed by atoms with Crippen LogP contribution in [0, 0.1) is 5.82 Å². The van der Waals surface area contributed by atoms with E-state index in [-0.39, 0.29) is 23.1 Å². The molecule has 2 aromatic carbocycles. The Hall–Kier alpha value is -2.49. The zero-order chi connectivity index (χ0) is 20.9. The van der Waals surface area contributed by atoms with Gasteiger partial charge in [0.1, 0.15) is 11.5 Å². The number of rotatable bonds is 9. The van der Waals surface area contributed by atoms with Crippen LogP contribution in [0.5, 0.6) is 0 Å². The standard InChI is InChI=1S/C25H31FN2O/c1-4-5-11-16-28-23(20-14-9-10-15-21(20)26)17-22(27-28)24(29)18-25(2,3)19-12-7-6-8-13-19/h6-10,12-15,23H,4-5,11,16-18H2,1-3H3. The number of unbranched alkanes of at least 4 members (excludes halogenated alkanes) is 2. The van der Waals surface area contributed by atoms with Crippen molar-refractivity contribution in [3.05, 3.63) is 71.5 Å². The van der Waals surface area contributed by atoms with Crippen molar-refractivity contribution in [1.29, 1.82) is 0 Å². The molecule has 3 nitrogen and oxygen atoms in total. The van der Waals surface area contributed by atoms with Crippen LogP contribution in [-0.4, -0.2) is 23.0 Å². The van der Waals surface area contributed by atoms with Gasteiger partial charge in [-0.2, -0.15) is 5.10 Å². The van der Waals surface area contributed by atoms with Gasteiger partial charge in [0.15, 0.2) is 5.78 Å². The van der Waals surface area contributed by atoms with Crippen molar-refractivity contribution in [2.45, 2.75) is 64.3 Å². The molecule has 2 aromatic rings. The molecule has 1 unspecified atom stereocenters. The topological polar surface area (TPSA) is 32.7 Å². The maximum absolute atomic E-state index is 14.5. The molecule has 0 fully saturated rings. The van der Waals surface area contributed by atoms with Crippen LogP contribution in [0.1, 0.15) is 70.0 Å². The smallest absolute Gasteiger partial charge is 0.179 e. The number of hydrazone groups is 1. The molecule has 0 N–H and O–H groups in total. The molecule has 29 heavy (non-hydrogen) atoms. The van der Waals surface area contributed by atoms with Crippen LogP contribution in [0.4, 0.5) is 4.39 Å². The number of benzene rings is 2. The lowest BCUT2D eigenvalue weighted by molar-refractivity contribution is -0.114. The molecule has 0 spiro atoms. The fourth-order valence-electron chi connectivity index (χ4n) is 3.96. The summed E-state index contributed by atoms with van der Waals surface area (Å²) in [5.41, 5.74) is 2.05. The summed E-state index contributed by atoms with van der Waals surface area (Å²) in [7, 11) is 0. The van der Waals surface area contributed by atoms with Crippen molar-refractivity contribution >= 4 is 11.5 Å². The molecule has 3 rings (SSSR count). The first-order valence-corrected chi connectivity index (χ1v) is 10.6. The van der Waals surface area contributed by atoms with Gasteiger partial charge in [-0.05, 0) is 23.5 Å². The highest BCUT2D eigenvalue weighted by molar-refractivity contribution is 6.40. The Kier molecular flexibility index (Phi) is 6.83. The van der Waals surface area contributed by atoms with Gasteiger partial charge in [-0.15, -0.1) is 0 Å². The molecular weight excluding hydrogens is 363 g/mol. The summed E-state index contributed by atoms with van der Waals surface area (Å²) >= 11 is 0. The van der Waals surface area contributed by atoms with Crippen LogP contribution in [0.25, 0.3) is 0 Å². The monoisotopic (exact) mass is 394 g/mol. The second kappa shape index (κ2) is 9.34. The molecule has 0 saturated heterocycles. The van der Waals surface area contributed by atoms with Crippen LogP contribution in [0.3, 0.4) is 0 Å². The van der Waals surface area contributed by atoms with Crippen LogP contribution < -0.4 is 0 Å². The molecule has 0 amide bonds. The van der Waals surface area contributed by atoms with E-state index < -0.39 is 0 Å². The van der Waals surface area contributed by atoms with E-state index in [9.17, 15) is 9.18 Å². The summed E-state index contributed by atoms with van der Waals surface area (Å²) in [6.07, 6.45) is 4.06. The van der Waals surface area contributed by atoms with Crippen LogP contribution in [-0.2, 0) is 10.2 Å². The summed E-state index contributed by atoms with van der Waals surface area (Å²) < 4.78 is 14.5. The highest BCUT2D eigenvalue weighted by Crippen LogP contribution is 2.34. The lowest BCUT2D eigenvalue weighted by Crippen LogP contribution is -2.26. The van der Waals surface area contributed by atoms with Gasteiger partial charge in [-0.1, -0.05) is 82.1 Å². The fraction of sp³-hybridized carbons (Fsp3) is 0.440. The average Bonchev–Trinajstić information content (AvgIpc) is 3.13. The van der Waals surface area contributed by atoms with Crippen molar-refractivity contribution in [3.8, 4) is 0 Å². The molecule has 1 atom stereocenters. The number of Topliss-reactive ketones (excluding diaryl/α,β-unsaturated/α-hetero) is 1. The van der Waals surface area contributed by atoms with E-state index in [0.717, 1.165) is 31.4 Å². The Morgan fingerprint density at radius 3 is 2.48 bits per heavy atom. The van der Waals surface area contributed by atoms with Gasteiger partial charge in [0.2, 0.25) is 0 Å². The predicted molar refractivity (Wildman–Crippen MR) is 117 cm³/mol. The zero-order valence-electron chi connectivity index (χ0n) is 17.7. The quantitative estimate of drug-likeness (QED) is 0.485. The lowest BCUT2D eigenvalue weighted by atomic mass is 9.79. The van der Waals surface area contributed by atoms with E-state index in [1.54, 1.807) is 6.07 Å². The van der Waals surface area contributed by atoms with E-state index in [1.807, 2.05) is 35.3 Å². The number of hydrogen-bond acceptors (Lipinski definition) is 3. The molecular formula is C25H31FN2O. The second-order valence-electron chi connectivity index (χ2n) is 8.51. The number of carbonyl (C=O) groups excluding carboxylic acids is 1. The van der Waals surface area contributed by atoms with Crippen molar-refractivity contribution in [2.75, 3.05) is 6.54 Å². The summed E-state index contributed by atoms with van der Waals surface area (Å²) in [5, 5.41) is 6.60.